The predicted molar refractivity (Wildman–Crippen MR) is 54.1 cm³/mol. The van der Waals surface area contributed by atoms with Crippen LogP contribution in [0.25, 0.3) is 0 Å². The molecule has 1 nitrogen and oxygen atoms in total. The van der Waals surface area contributed by atoms with E-state index in [9.17, 15) is 4.39 Å². The van der Waals surface area contributed by atoms with Crippen molar-refractivity contribution in [1.82, 2.24) is 0 Å². The van der Waals surface area contributed by atoms with Crippen LogP contribution in [-0.4, -0.2) is 6.10 Å². The Kier molecular flexibility index (Phi) is 2.44. The molecule has 0 atom stereocenters. The van der Waals surface area contributed by atoms with Crippen molar-refractivity contribution in [3.63, 3.8) is 0 Å². The largest absolute Gasteiger partial charge is 0.490 e. The van der Waals surface area contributed by atoms with Crippen LogP contribution in [0.15, 0.2) is 12.1 Å². The highest BCUT2D eigenvalue weighted by Crippen LogP contribution is 2.29. The van der Waals surface area contributed by atoms with Crippen LogP contribution in [0.3, 0.4) is 0 Å². The van der Waals surface area contributed by atoms with Gasteiger partial charge in [-0.05, 0) is 56.4 Å². The predicted octanol–water partition coefficient (Wildman–Crippen LogP) is 3.37. The second-order valence-corrected chi connectivity index (χ2v) is 3.97. The van der Waals surface area contributed by atoms with Gasteiger partial charge in [0.1, 0.15) is 11.6 Å². The normalized spacial score (nSPS) is 16.5. The third kappa shape index (κ3) is 1.61. The maximum Gasteiger partial charge on any atom is 0.126 e. The van der Waals surface area contributed by atoms with Gasteiger partial charge in [-0.15, -0.1) is 0 Å². The van der Waals surface area contributed by atoms with Crippen LogP contribution in [0.5, 0.6) is 5.75 Å². The summed E-state index contributed by atoms with van der Waals surface area (Å²) in [6, 6.07) is 3.21. The maximum absolute atomic E-state index is 13.1. The molecule has 2 heteroatoms. The van der Waals surface area contributed by atoms with Gasteiger partial charge in [-0.3, -0.25) is 0 Å². The zero-order chi connectivity index (χ0) is 10.1. The van der Waals surface area contributed by atoms with Crippen molar-refractivity contribution in [3.05, 3.63) is 29.1 Å². The van der Waals surface area contributed by atoms with E-state index in [1.165, 1.54) is 12.5 Å². The summed E-state index contributed by atoms with van der Waals surface area (Å²) in [5.74, 6) is 0.692. The van der Waals surface area contributed by atoms with E-state index >= 15 is 0 Å². The second kappa shape index (κ2) is 3.60. The molecule has 1 saturated carbocycles. The lowest BCUT2D eigenvalue weighted by Gasteiger charge is -2.27. The van der Waals surface area contributed by atoms with Crippen molar-refractivity contribution in [2.24, 2.45) is 0 Å². The first-order chi connectivity index (χ1) is 6.68. The third-order valence-corrected chi connectivity index (χ3v) is 3.02. The molecule has 0 radical (unpaired) electrons. The van der Waals surface area contributed by atoms with Gasteiger partial charge in [0.25, 0.3) is 0 Å². The van der Waals surface area contributed by atoms with Crippen molar-refractivity contribution in [1.29, 1.82) is 0 Å². The average Bonchev–Trinajstić information content (AvgIpc) is 2.10. The van der Waals surface area contributed by atoms with Crippen molar-refractivity contribution in [3.8, 4) is 5.75 Å². The van der Waals surface area contributed by atoms with E-state index < -0.39 is 0 Å². The minimum absolute atomic E-state index is 0.150. The van der Waals surface area contributed by atoms with Crippen LogP contribution in [0.1, 0.15) is 30.4 Å². The molecule has 14 heavy (non-hydrogen) atoms. The molecule has 0 saturated heterocycles. The molecule has 1 aromatic carbocycles. The van der Waals surface area contributed by atoms with Gasteiger partial charge in [0.2, 0.25) is 0 Å². The smallest absolute Gasteiger partial charge is 0.126 e. The highest BCUT2D eigenvalue weighted by atomic mass is 19.1. The van der Waals surface area contributed by atoms with Crippen molar-refractivity contribution < 1.29 is 9.13 Å². The summed E-state index contributed by atoms with van der Waals surface area (Å²) >= 11 is 0. The summed E-state index contributed by atoms with van der Waals surface area (Å²) in [5.41, 5.74) is 1.62. The number of halogens is 1. The fraction of sp³-hybridized carbons (Fsp3) is 0.500. The Balaban J connectivity index is 2.20. The molecule has 1 aliphatic carbocycles. The van der Waals surface area contributed by atoms with Crippen molar-refractivity contribution in [2.75, 3.05) is 0 Å². The highest BCUT2D eigenvalue weighted by molar-refractivity contribution is 5.39. The standard InChI is InChI=1S/C12H15FO/c1-8-9(2)12(7-6-11(8)13)14-10-4-3-5-10/h6-7,10H,3-5H2,1-2H3. The molecule has 2 rings (SSSR count). The van der Waals surface area contributed by atoms with Gasteiger partial charge in [-0.2, -0.15) is 0 Å². The summed E-state index contributed by atoms with van der Waals surface area (Å²) in [6.07, 6.45) is 3.88. The molecular formula is C12H15FO. The van der Waals surface area contributed by atoms with Gasteiger partial charge in [-0.25, -0.2) is 4.39 Å². The molecule has 0 N–H and O–H groups in total. The first-order valence-electron chi connectivity index (χ1n) is 5.11. The highest BCUT2D eigenvalue weighted by Gasteiger charge is 2.20. The zero-order valence-corrected chi connectivity index (χ0v) is 8.64. The molecule has 1 fully saturated rings. The first-order valence-corrected chi connectivity index (χ1v) is 5.11. The Labute approximate surface area is 83.9 Å². The SMILES string of the molecule is Cc1c(F)ccc(OC2CCC2)c1C. The third-order valence-electron chi connectivity index (χ3n) is 3.02. The molecule has 76 valence electrons. The first kappa shape index (κ1) is 9.50. The molecule has 0 heterocycles. The van der Waals surface area contributed by atoms with Gasteiger partial charge in [0, 0.05) is 0 Å². The van der Waals surface area contributed by atoms with Gasteiger partial charge in [0.15, 0.2) is 0 Å². The molecule has 0 amide bonds. The van der Waals surface area contributed by atoms with E-state index in [-0.39, 0.29) is 5.82 Å². The fourth-order valence-corrected chi connectivity index (χ4v) is 1.56. The molecule has 1 aromatic rings. The Morgan fingerprint density at radius 2 is 1.93 bits per heavy atom. The molecule has 0 aromatic heterocycles. The topological polar surface area (TPSA) is 9.23 Å². The summed E-state index contributed by atoms with van der Waals surface area (Å²) < 4.78 is 18.9. The molecule has 0 unspecified atom stereocenters. The molecule has 0 spiro atoms. The van der Waals surface area contributed by atoms with E-state index in [4.69, 9.17) is 4.74 Å². The van der Waals surface area contributed by atoms with E-state index in [1.807, 2.05) is 6.92 Å². The quantitative estimate of drug-likeness (QED) is 0.701. The van der Waals surface area contributed by atoms with E-state index in [0.29, 0.717) is 11.7 Å². The van der Waals surface area contributed by atoms with Gasteiger partial charge < -0.3 is 4.74 Å². The van der Waals surface area contributed by atoms with Crippen LogP contribution < -0.4 is 4.74 Å². The van der Waals surface area contributed by atoms with Gasteiger partial charge in [-0.1, -0.05) is 0 Å². The fourth-order valence-electron chi connectivity index (χ4n) is 1.56. The molecule has 0 aliphatic heterocycles. The van der Waals surface area contributed by atoms with Crippen LogP contribution in [-0.2, 0) is 0 Å². The monoisotopic (exact) mass is 194 g/mol. The average molecular weight is 194 g/mol. The molecule has 1 aliphatic rings. The van der Waals surface area contributed by atoms with Crippen LogP contribution in [0.4, 0.5) is 4.39 Å². The zero-order valence-electron chi connectivity index (χ0n) is 8.64. The van der Waals surface area contributed by atoms with E-state index in [0.717, 1.165) is 24.2 Å². The Bertz CT molecular complexity index is 342. The van der Waals surface area contributed by atoms with E-state index in [2.05, 4.69) is 0 Å². The van der Waals surface area contributed by atoms with Crippen LogP contribution in [0, 0.1) is 19.7 Å². The van der Waals surface area contributed by atoms with Crippen molar-refractivity contribution >= 4 is 0 Å². The van der Waals surface area contributed by atoms with Crippen molar-refractivity contribution in [2.45, 2.75) is 39.2 Å². The lowest BCUT2D eigenvalue weighted by atomic mass is 9.96. The minimum atomic E-state index is -0.150. The Hall–Kier alpha value is -1.05. The minimum Gasteiger partial charge on any atom is -0.490 e. The number of benzene rings is 1. The van der Waals surface area contributed by atoms with Crippen LogP contribution >= 0.6 is 0 Å². The summed E-state index contributed by atoms with van der Waals surface area (Å²) in [7, 11) is 0. The maximum atomic E-state index is 13.1. The van der Waals surface area contributed by atoms with Gasteiger partial charge in [0.05, 0.1) is 6.10 Å². The Morgan fingerprint density at radius 3 is 2.50 bits per heavy atom. The van der Waals surface area contributed by atoms with Crippen LogP contribution in [0.2, 0.25) is 0 Å². The number of rotatable bonds is 2. The lowest BCUT2D eigenvalue weighted by molar-refractivity contribution is 0.119. The summed E-state index contributed by atoms with van der Waals surface area (Å²) in [4.78, 5) is 0. The number of hydrogen-bond acceptors (Lipinski definition) is 1. The number of ether oxygens (including phenoxy) is 1. The molecule has 0 bridgehead atoms. The molecular weight excluding hydrogens is 179 g/mol. The van der Waals surface area contributed by atoms with Gasteiger partial charge >= 0.3 is 0 Å². The number of hydrogen-bond donors (Lipinski definition) is 0. The summed E-state index contributed by atoms with van der Waals surface area (Å²) in [5, 5.41) is 0. The lowest BCUT2D eigenvalue weighted by Crippen LogP contribution is -2.25. The second-order valence-electron chi connectivity index (χ2n) is 3.97. The Morgan fingerprint density at radius 1 is 1.21 bits per heavy atom. The van der Waals surface area contributed by atoms with E-state index in [1.54, 1.807) is 13.0 Å². The summed E-state index contributed by atoms with van der Waals surface area (Å²) in [6.45, 7) is 3.70.